The molecule has 1 heterocycles. The number of carbonyl (C=O) groups excluding carboxylic acids is 4. The van der Waals surface area contributed by atoms with Gasteiger partial charge in [0.2, 0.25) is 11.8 Å². The third-order valence-electron chi connectivity index (χ3n) is 6.29. The number of benzene rings is 1. The molecule has 132 valence electrons. The Balaban J connectivity index is 1.30. The van der Waals surface area contributed by atoms with Gasteiger partial charge in [-0.2, -0.15) is 0 Å². The number of ether oxygens (including phenoxy) is 1. The third kappa shape index (κ3) is 2.11. The maximum atomic E-state index is 12.8. The summed E-state index contributed by atoms with van der Waals surface area (Å²) >= 11 is 0. The summed E-state index contributed by atoms with van der Waals surface area (Å²) in [5.74, 6) is -0.114. The van der Waals surface area contributed by atoms with Crippen LogP contribution in [0.25, 0.3) is 0 Å². The Morgan fingerprint density at radius 1 is 1.04 bits per heavy atom. The van der Waals surface area contributed by atoms with Crippen molar-refractivity contribution >= 4 is 24.1 Å². The molecule has 3 fully saturated rings. The van der Waals surface area contributed by atoms with E-state index in [-0.39, 0.29) is 47.8 Å². The molecule has 5 aliphatic rings. The first-order valence-electron chi connectivity index (χ1n) is 8.88. The van der Waals surface area contributed by atoms with Crippen LogP contribution in [0.5, 0.6) is 5.75 Å². The lowest BCUT2D eigenvalue weighted by Gasteiger charge is -2.37. The molecule has 6 rings (SSSR count). The van der Waals surface area contributed by atoms with Crippen LogP contribution in [0.2, 0.25) is 0 Å². The molecule has 1 aliphatic heterocycles. The monoisotopic (exact) mass is 351 g/mol. The smallest absolute Gasteiger partial charge is 0.331 e. The molecule has 2 saturated carbocycles. The average molecular weight is 351 g/mol. The number of nitrogens with zero attached hydrogens (tertiary/aromatic N) is 1. The zero-order valence-electron chi connectivity index (χ0n) is 13.9. The van der Waals surface area contributed by atoms with Crippen molar-refractivity contribution in [1.29, 1.82) is 0 Å². The van der Waals surface area contributed by atoms with Gasteiger partial charge in [-0.3, -0.25) is 19.3 Å². The topological polar surface area (TPSA) is 80.8 Å². The number of likely N-dealkylation sites (tertiary alicyclic amines) is 1. The summed E-state index contributed by atoms with van der Waals surface area (Å²) in [4.78, 5) is 49.6. The maximum absolute atomic E-state index is 12.8. The molecule has 0 radical (unpaired) electrons. The predicted octanol–water partition coefficient (Wildman–Crippen LogP) is 1.46. The van der Waals surface area contributed by atoms with Gasteiger partial charge in [0.05, 0.1) is 11.8 Å². The molecule has 0 aromatic heterocycles. The lowest BCUT2D eigenvalue weighted by Crippen LogP contribution is -2.40. The first kappa shape index (κ1) is 15.5. The van der Waals surface area contributed by atoms with Crippen molar-refractivity contribution in [3.63, 3.8) is 0 Å². The van der Waals surface area contributed by atoms with Crippen LogP contribution < -0.4 is 4.74 Å². The van der Waals surface area contributed by atoms with E-state index >= 15 is 0 Å². The second-order valence-electron chi connectivity index (χ2n) is 7.58. The van der Waals surface area contributed by atoms with E-state index < -0.39 is 5.97 Å². The lowest BCUT2D eigenvalue weighted by molar-refractivity contribution is -0.148. The molecule has 1 aromatic rings. The quantitative estimate of drug-likeness (QED) is 0.270. The Bertz CT molecular complexity index is 821. The average Bonchev–Trinajstić information content (AvgIpc) is 3.43. The normalized spacial score (nSPS) is 35.9. The van der Waals surface area contributed by atoms with E-state index in [1.165, 1.54) is 24.3 Å². The summed E-state index contributed by atoms with van der Waals surface area (Å²) < 4.78 is 5.21. The standard InChI is InChI=1S/C20H17NO5/c22-9-10-1-3-11(4-2-10)26-16(23)8-21-19(24)17-12-5-6-13(15-7-14(12)15)18(17)20(21)25/h1-6,9,12-15,17-18H,7-8H2. The number of allylic oxidation sites excluding steroid dienone is 2. The molecule has 2 amide bonds. The molecular formula is C20H17NO5. The molecule has 26 heavy (non-hydrogen) atoms. The minimum Gasteiger partial charge on any atom is -0.425 e. The maximum Gasteiger partial charge on any atom is 0.331 e. The molecule has 6 unspecified atom stereocenters. The van der Waals surface area contributed by atoms with Crippen LogP contribution in [0.1, 0.15) is 16.8 Å². The van der Waals surface area contributed by atoms with Crippen LogP contribution in [0.3, 0.4) is 0 Å². The fourth-order valence-corrected chi connectivity index (χ4v) is 5.08. The van der Waals surface area contributed by atoms with Gasteiger partial charge in [0.25, 0.3) is 0 Å². The van der Waals surface area contributed by atoms with Gasteiger partial charge in [-0.25, -0.2) is 4.79 Å². The van der Waals surface area contributed by atoms with Crippen LogP contribution in [0, 0.1) is 35.5 Å². The summed E-state index contributed by atoms with van der Waals surface area (Å²) in [5, 5.41) is 0. The van der Waals surface area contributed by atoms with Gasteiger partial charge >= 0.3 is 5.97 Å². The molecule has 0 spiro atoms. The first-order chi connectivity index (χ1) is 12.6. The van der Waals surface area contributed by atoms with Gasteiger partial charge in [-0.05, 0) is 54.4 Å². The second-order valence-corrected chi connectivity index (χ2v) is 7.58. The van der Waals surface area contributed by atoms with E-state index in [1.807, 2.05) is 0 Å². The van der Waals surface area contributed by atoms with E-state index in [1.54, 1.807) is 0 Å². The van der Waals surface area contributed by atoms with Gasteiger partial charge < -0.3 is 4.74 Å². The van der Waals surface area contributed by atoms with E-state index in [2.05, 4.69) is 12.2 Å². The molecule has 0 N–H and O–H groups in total. The number of aldehydes is 1. The summed E-state index contributed by atoms with van der Waals surface area (Å²) in [7, 11) is 0. The molecular weight excluding hydrogens is 334 g/mol. The lowest BCUT2D eigenvalue weighted by atomic mass is 9.63. The molecule has 6 heteroatoms. The van der Waals surface area contributed by atoms with Crippen LogP contribution >= 0.6 is 0 Å². The largest absolute Gasteiger partial charge is 0.425 e. The van der Waals surface area contributed by atoms with Crippen molar-refractivity contribution in [2.45, 2.75) is 6.42 Å². The fourth-order valence-electron chi connectivity index (χ4n) is 5.08. The SMILES string of the molecule is O=Cc1ccc(OC(=O)CN2C(=O)C3C4C=CC(C5CC45)C3C2=O)cc1. The number of rotatable bonds is 4. The van der Waals surface area contributed by atoms with Crippen molar-refractivity contribution in [2.75, 3.05) is 6.54 Å². The summed E-state index contributed by atoms with van der Waals surface area (Å²) in [6.07, 6.45) is 6.00. The highest BCUT2D eigenvalue weighted by Gasteiger charge is 2.67. The molecule has 4 aliphatic carbocycles. The number of carbonyl (C=O) groups is 4. The summed E-state index contributed by atoms with van der Waals surface area (Å²) in [6, 6.07) is 6.08. The van der Waals surface area contributed by atoms with E-state index in [0.29, 0.717) is 23.7 Å². The highest BCUT2D eigenvalue weighted by atomic mass is 16.5. The highest BCUT2D eigenvalue weighted by Crippen LogP contribution is 2.65. The zero-order chi connectivity index (χ0) is 18.0. The number of imide groups is 1. The van der Waals surface area contributed by atoms with E-state index in [0.717, 1.165) is 11.3 Å². The zero-order valence-corrected chi connectivity index (χ0v) is 13.9. The Hall–Kier alpha value is -2.76. The number of hydrogen-bond donors (Lipinski definition) is 0. The van der Waals surface area contributed by atoms with Crippen molar-refractivity contribution in [3.8, 4) is 5.75 Å². The van der Waals surface area contributed by atoms with Gasteiger partial charge in [-0.15, -0.1) is 0 Å². The summed E-state index contributed by atoms with van der Waals surface area (Å²) in [6.45, 7) is -0.366. The molecule has 1 aromatic carbocycles. The highest BCUT2D eigenvalue weighted by molar-refractivity contribution is 6.08. The second kappa shape index (κ2) is 5.37. The van der Waals surface area contributed by atoms with Crippen LogP contribution in [-0.4, -0.2) is 35.5 Å². The predicted molar refractivity (Wildman–Crippen MR) is 88.9 cm³/mol. The number of amides is 2. The van der Waals surface area contributed by atoms with E-state index in [4.69, 9.17) is 4.74 Å². The fraction of sp³-hybridized carbons (Fsp3) is 0.400. The Kier molecular flexibility index (Phi) is 3.20. The molecule has 6 atom stereocenters. The first-order valence-corrected chi connectivity index (χ1v) is 8.88. The van der Waals surface area contributed by atoms with Crippen LogP contribution in [0.15, 0.2) is 36.4 Å². The van der Waals surface area contributed by atoms with Crippen molar-refractivity contribution in [3.05, 3.63) is 42.0 Å². The third-order valence-corrected chi connectivity index (χ3v) is 6.29. The van der Waals surface area contributed by atoms with Crippen molar-refractivity contribution in [2.24, 2.45) is 35.5 Å². The molecule has 2 bridgehead atoms. The van der Waals surface area contributed by atoms with Crippen LogP contribution in [0.4, 0.5) is 0 Å². The molecule has 1 saturated heterocycles. The Morgan fingerprint density at radius 2 is 1.62 bits per heavy atom. The number of hydrogen-bond acceptors (Lipinski definition) is 5. The van der Waals surface area contributed by atoms with Gasteiger partial charge in [-0.1, -0.05) is 12.2 Å². The minimum absolute atomic E-state index is 0.142. The summed E-state index contributed by atoms with van der Waals surface area (Å²) in [5.41, 5.74) is 0.473. The van der Waals surface area contributed by atoms with Gasteiger partial charge in [0.1, 0.15) is 18.6 Å². The Labute approximate surface area is 149 Å². The van der Waals surface area contributed by atoms with Gasteiger partial charge in [0, 0.05) is 5.56 Å². The van der Waals surface area contributed by atoms with Crippen molar-refractivity contribution < 1.29 is 23.9 Å². The number of esters is 1. The van der Waals surface area contributed by atoms with E-state index in [9.17, 15) is 19.2 Å². The van der Waals surface area contributed by atoms with Gasteiger partial charge in [0.15, 0.2) is 0 Å². The van der Waals surface area contributed by atoms with Crippen LogP contribution in [-0.2, 0) is 14.4 Å². The Morgan fingerprint density at radius 3 is 2.15 bits per heavy atom. The van der Waals surface area contributed by atoms with Crippen molar-refractivity contribution in [1.82, 2.24) is 4.90 Å². The molecule has 6 nitrogen and oxygen atoms in total. The minimum atomic E-state index is -0.658.